The average Bonchev–Trinajstić information content (AvgIpc) is 1.64. The van der Waals surface area contributed by atoms with Crippen LogP contribution in [0.1, 0.15) is 74.9 Å². The van der Waals surface area contributed by atoms with Gasteiger partial charge in [0.1, 0.15) is 0 Å². The Balaban J connectivity index is 0.000000108. The standard InChI is InChI=1S/C52H35N3.C42H29N.C36H25N3/c1-52(2)44-14-6-5-13-43(44)51-50(52)48(49-42-12-4-3-9-33(42)19-24-47(49)55-51)34-17-15-32(16-18-34)39-29-40(35-20-22-45-37(27-35)10-7-25-53-45)31-41(30-39)36-21-23-46-38(28-36)11-8-26-54-46;1-42(2)36-18-10-9-17-34(36)41-40(42)38(39-31-14-6-3-11-26(31)23-24-37(39)43-41)28-21-19-27(20-22-28)35-25-29-12-4-5-13-30(29)32-15-7-8-16-33(32)35;1-36(2)28-13-7-6-12-27(28)34-33(36)31(32-26-11-5-3-9-22(26)19-20-30(32)38-34)23-15-17-24(18-16-23)35-37-21-25-10-4-8-14-29(25)39-35/h3-31H,1-2H3;3-25H,1-2H3;3-21H,1-2H3. The summed E-state index contributed by atoms with van der Waals surface area (Å²) in [5, 5.41) is 19.5. The Morgan fingerprint density at radius 3 is 0.956 bits per heavy atom. The summed E-state index contributed by atoms with van der Waals surface area (Å²) in [6.07, 6.45) is 5.61. The van der Waals surface area contributed by atoms with E-state index in [0.717, 1.165) is 100.0 Å². The van der Waals surface area contributed by atoms with Gasteiger partial charge in [-0.05, 0) is 250 Å². The van der Waals surface area contributed by atoms with Crippen LogP contribution in [-0.4, -0.2) is 34.9 Å². The molecule has 0 N–H and O–H groups in total. The van der Waals surface area contributed by atoms with Crippen molar-refractivity contribution in [1.29, 1.82) is 0 Å². The Bertz CT molecular complexity index is 9280. The van der Waals surface area contributed by atoms with E-state index in [1.165, 1.54) is 176 Å². The zero-order chi connectivity index (χ0) is 91.5. The summed E-state index contributed by atoms with van der Waals surface area (Å²) in [6.45, 7) is 14.1. The van der Waals surface area contributed by atoms with Gasteiger partial charge in [-0.3, -0.25) is 9.97 Å². The molecule has 0 atom stereocenters. The molecular formula is C130H89N7. The Kier molecular flexibility index (Phi) is 18.6. The van der Waals surface area contributed by atoms with Gasteiger partial charge in [-0.1, -0.05) is 369 Å². The number of pyridine rings is 5. The third-order valence-corrected chi connectivity index (χ3v) is 29.6. The predicted molar refractivity (Wildman–Crippen MR) is 573 cm³/mol. The van der Waals surface area contributed by atoms with Crippen LogP contribution in [0.4, 0.5) is 0 Å². The molecular weight excluding hydrogens is 1660 g/mol. The Morgan fingerprint density at radius 2 is 0.511 bits per heavy atom. The molecule has 0 amide bonds. The Labute approximate surface area is 793 Å². The van der Waals surface area contributed by atoms with Crippen LogP contribution in [0.3, 0.4) is 0 Å². The molecule has 0 saturated heterocycles. The Morgan fingerprint density at radius 1 is 0.182 bits per heavy atom. The molecule has 0 radical (unpaired) electrons. The quantitative estimate of drug-likeness (QED) is 0.140. The van der Waals surface area contributed by atoms with Gasteiger partial charge >= 0.3 is 0 Å². The summed E-state index contributed by atoms with van der Waals surface area (Å²) in [6, 6.07) is 149. The number of aromatic nitrogens is 7. The third kappa shape index (κ3) is 13.1. The van der Waals surface area contributed by atoms with Crippen LogP contribution in [0.15, 0.2) is 431 Å². The van der Waals surface area contributed by atoms with Gasteiger partial charge in [0, 0.05) is 89.4 Å². The van der Waals surface area contributed by atoms with E-state index in [1.807, 2.05) is 55.0 Å². The van der Waals surface area contributed by atoms with E-state index in [1.54, 1.807) is 0 Å². The SMILES string of the molecule is CC1(C)c2ccccc2-c2nc3ccc4ccccc4c3c(-c3ccc(-c4cc(-c5ccc6ncccc6c5)cc(-c5ccc6ncccc6c5)c4)cc3)c21.CC1(C)c2ccccc2-c2nc3ccc4ccccc4c3c(-c3ccc(-c4cc5ccccc5c5ccccc45)cc3)c21.CC1(C)c2ccccc2-c2nc3ccc4ccccc4c3c(-c3ccc(-c4ncc5ccccc5n4)cc3)c21. The third-order valence-electron chi connectivity index (χ3n) is 29.6. The van der Waals surface area contributed by atoms with E-state index in [0.29, 0.717) is 0 Å². The molecule has 3 aliphatic rings. The van der Waals surface area contributed by atoms with Gasteiger partial charge in [-0.25, -0.2) is 24.9 Å². The van der Waals surface area contributed by atoms with Crippen LogP contribution in [-0.2, 0) is 16.2 Å². The van der Waals surface area contributed by atoms with Gasteiger partial charge in [-0.2, -0.15) is 0 Å². The van der Waals surface area contributed by atoms with Crippen LogP contribution in [0.2, 0.25) is 0 Å². The molecule has 0 spiro atoms. The molecule has 7 heteroatoms. The fourth-order valence-electron chi connectivity index (χ4n) is 23.0. The molecule has 137 heavy (non-hydrogen) atoms. The van der Waals surface area contributed by atoms with Crippen molar-refractivity contribution < 1.29 is 0 Å². The lowest BCUT2D eigenvalue weighted by Gasteiger charge is -2.26. The van der Waals surface area contributed by atoms with Crippen molar-refractivity contribution in [2.45, 2.75) is 57.8 Å². The summed E-state index contributed by atoms with van der Waals surface area (Å²) in [5.74, 6) is 0.739. The van der Waals surface area contributed by atoms with Crippen LogP contribution in [0, 0.1) is 0 Å². The molecule has 28 rings (SSSR count). The first-order valence-electron chi connectivity index (χ1n) is 47.4. The zero-order valence-corrected chi connectivity index (χ0v) is 76.6. The first-order chi connectivity index (χ1) is 67.2. The highest BCUT2D eigenvalue weighted by molar-refractivity contribution is 6.20. The predicted octanol–water partition coefficient (Wildman–Crippen LogP) is 33.8. The summed E-state index contributed by atoms with van der Waals surface area (Å²) in [7, 11) is 0. The van der Waals surface area contributed by atoms with E-state index in [4.69, 9.17) is 19.9 Å². The average molecular weight is 1750 g/mol. The van der Waals surface area contributed by atoms with Crippen molar-refractivity contribution in [3.05, 3.63) is 464 Å². The van der Waals surface area contributed by atoms with Gasteiger partial charge < -0.3 is 0 Å². The van der Waals surface area contributed by atoms with Crippen LogP contribution < -0.4 is 0 Å². The van der Waals surface area contributed by atoms with E-state index >= 15 is 0 Å². The van der Waals surface area contributed by atoms with Crippen molar-refractivity contribution in [1.82, 2.24) is 34.9 Å². The molecule has 3 aliphatic carbocycles. The van der Waals surface area contributed by atoms with Crippen LogP contribution in [0.5, 0.6) is 0 Å². The monoisotopic (exact) mass is 1750 g/mol. The summed E-state index contributed by atoms with van der Waals surface area (Å²) < 4.78 is 0. The van der Waals surface area contributed by atoms with Gasteiger partial charge in [0.2, 0.25) is 0 Å². The maximum Gasteiger partial charge on any atom is 0.159 e. The fraction of sp³-hybridized carbons (Fsp3) is 0.0692. The molecule has 644 valence electrons. The molecule has 0 unspecified atom stereocenters. The van der Waals surface area contributed by atoms with Crippen LogP contribution >= 0.6 is 0 Å². The highest BCUT2D eigenvalue weighted by Crippen LogP contribution is 2.59. The van der Waals surface area contributed by atoms with Crippen LogP contribution in [0.25, 0.3) is 242 Å². The van der Waals surface area contributed by atoms with E-state index in [2.05, 4.69) is 433 Å². The topological polar surface area (TPSA) is 90.2 Å². The van der Waals surface area contributed by atoms with Gasteiger partial charge in [0.05, 0.1) is 50.2 Å². The summed E-state index contributed by atoms with van der Waals surface area (Å²) >= 11 is 0. The van der Waals surface area contributed by atoms with Crippen molar-refractivity contribution in [3.63, 3.8) is 0 Å². The minimum absolute atomic E-state index is 0.174. The molecule has 0 fully saturated rings. The zero-order valence-electron chi connectivity index (χ0n) is 76.6. The minimum Gasteiger partial charge on any atom is -0.256 e. The molecule has 6 aromatic heterocycles. The summed E-state index contributed by atoms with van der Waals surface area (Å²) in [4.78, 5) is 34.7. The number of para-hydroxylation sites is 1. The highest BCUT2D eigenvalue weighted by atomic mass is 14.9. The second-order valence-electron chi connectivity index (χ2n) is 38.5. The molecule has 7 nitrogen and oxygen atoms in total. The molecule has 25 aromatic rings. The molecule has 0 saturated carbocycles. The van der Waals surface area contributed by atoms with E-state index in [-0.39, 0.29) is 16.2 Å². The van der Waals surface area contributed by atoms with Crippen molar-refractivity contribution >= 4 is 119 Å². The number of benzene rings is 19. The van der Waals surface area contributed by atoms with Gasteiger partial charge in [0.15, 0.2) is 5.82 Å². The van der Waals surface area contributed by atoms with Crippen molar-refractivity contribution in [2.75, 3.05) is 0 Å². The number of rotatable bonds is 8. The van der Waals surface area contributed by atoms with E-state index in [9.17, 15) is 0 Å². The van der Waals surface area contributed by atoms with Gasteiger partial charge in [0.25, 0.3) is 0 Å². The lowest BCUT2D eigenvalue weighted by Crippen LogP contribution is -2.16. The molecule has 0 aliphatic heterocycles. The maximum absolute atomic E-state index is 5.40. The summed E-state index contributed by atoms with van der Waals surface area (Å²) in [5.41, 5.74) is 38.3. The fourth-order valence-corrected chi connectivity index (χ4v) is 23.0. The normalized spacial score (nSPS) is 13.4. The molecule has 6 heterocycles. The second-order valence-corrected chi connectivity index (χ2v) is 38.5. The maximum atomic E-state index is 5.40. The number of fused-ring (bicyclic) bond motifs is 24. The molecule has 19 aromatic carbocycles. The smallest absolute Gasteiger partial charge is 0.159 e. The Hall–Kier alpha value is -17.1. The largest absolute Gasteiger partial charge is 0.256 e. The number of hydrogen-bond acceptors (Lipinski definition) is 7. The van der Waals surface area contributed by atoms with E-state index < -0.39 is 0 Å². The second kappa shape index (κ2) is 31.5. The highest BCUT2D eigenvalue weighted by Gasteiger charge is 2.43. The number of nitrogens with zero attached hydrogens (tertiary/aromatic N) is 7. The lowest BCUT2D eigenvalue weighted by atomic mass is 9.78. The minimum atomic E-state index is -0.216. The van der Waals surface area contributed by atoms with Crippen molar-refractivity contribution in [3.8, 4) is 123 Å². The molecule has 0 bridgehead atoms. The lowest BCUT2D eigenvalue weighted by molar-refractivity contribution is 0.661. The first kappa shape index (κ1) is 80.7. The first-order valence-corrected chi connectivity index (χ1v) is 47.4. The van der Waals surface area contributed by atoms with Crippen molar-refractivity contribution in [2.24, 2.45) is 0 Å². The van der Waals surface area contributed by atoms with Gasteiger partial charge in [-0.15, -0.1) is 0 Å². The number of hydrogen-bond donors (Lipinski definition) is 0.